The average Bonchev–Trinajstić information content (AvgIpc) is 3.01. The number of oxazole rings is 1. The molecule has 4 rings (SSSR count). The second-order valence-electron chi connectivity index (χ2n) is 5.40. The summed E-state index contributed by atoms with van der Waals surface area (Å²) in [6, 6.07) is 17.5. The molecule has 1 heterocycles. The minimum absolute atomic E-state index is 0.548. The molecule has 3 aromatic carbocycles. The molecular formula is C20H14ClNO2. The fourth-order valence-electron chi connectivity index (χ4n) is 2.77. The number of nitrogens with zero attached hydrogens (tertiary/aromatic N) is 1. The second kappa shape index (κ2) is 6.02. The van der Waals surface area contributed by atoms with E-state index >= 15 is 0 Å². The Morgan fingerprint density at radius 1 is 1.00 bits per heavy atom. The maximum absolute atomic E-state index is 5.98. The Balaban J connectivity index is 1.76. The molecule has 0 saturated carbocycles. The first kappa shape index (κ1) is 14.8. The Morgan fingerprint density at radius 3 is 2.67 bits per heavy atom. The van der Waals surface area contributed by atoms with Crippen LogP contribution in [0.2, 0.25) is 5.02 Å². The summed E-state index contributed by atoms with van der Waals surface area (Å²) in [7, 11) is 1.68. The molecule has 0 unspecified atom stereocenters. The highest BCUT2D eigenvalue weighted by molar-refractivity contribution is 6.31. The standard InChI is InChI=1S/C20H14ClNO2/c1-23-18-9-6-13(15-4-2-3-5-16(15)18)7-11-20-22-17-12-14(21)8-10-19(17)24-20/h2-12H,1H3/b11-7+. The Bertz CT molecular complexity index is 1070. The largest absolute Gasteiger partial charge is 0.496 e. The van der Waals surface area contributed by atoms with Crippen LogP contribution in [-0.4, -0.2) is 12.1 Å². The molecule has 0 atom stereocenters. The molecule has 4 aromatic rings. The van der Waals surface area contributed by atoms with Crippen molar-refractivity contribution in [3.05, 3.63) is 71.1 Å². The molecule has 0 N–H and O–H groups in total. The third kappa shape index (κ3) is 2.63. The van der Waals surface area contributed by atoms with E-state index in [0.717, 1.165) is 33.2 Å². The molecule has 118 valence electrons. The van der Waals surface area contributed by atoms with Crippen molar-refractivity contribution in [1.82, 2.24) is 4.98 Å². The number of hydrogen-bond donors (Lipinski definition) is 0. The topological polar surface area (TPSA) is 35.3 Å². The molecule has 24 heavy (non-hydrogen) atoms. The molecule has 0 radical (unpaired) electrons. The van der Waals surface area contributed by atoms with Gasteiger partial charge in [-0.3, -0.25) is 0 Å². The van der Waals surface area contributed by atoms with Crippen LogP contribution in [0.5, 0.6) is 5.75 Å². The highest BCUT2D eigenvalue weighted by atomic mass is 35.5. The van der Waals surface area contributed by atoms with E-state index < -0.39 is 0 Å². The van der Waals surface area contributed by atoms with Crippen molar-refractivity contribution in [2.75, 3.05) is 7.11 Å². The summed E-state index contributed by atoms with van der Waals surface area (Å²) < 4.78 is 11.1. The van der Waals surface area contributed by atoms with Gasteiger partial charge in [0.25, 0.3) is 0 Å². The lowest BCUT2D eigenvalue weighted by molar-refractivity contribution is 0.420. The number of hydrogen-bond acceptors (Lipinski definition) is 3. The van der Waals surface area contributed by atoms with Gasteiger partial charge in [-0.1, -0.05) is 41.9 Å². The summed E-state index contributed by atoms with van der Waals surface area (Å²) >= 11 is 5.98. The van der Waals surface area contributed by atoms with E-state index in [2.05, 4.69) is 11.1 Å². The summed E-state index contributed by atoms with van der Waals surface area (Å²) in [5, 5.41) is 2.84. The summed E-state index contributed by atoms with van der Waals surface area (Å²) in [5.41, 5.74) is 2.55. The lowest BCUT2D eigenvalue weighted by Crippen LogP contribution is -1.86. The zero-order valence-electron chi connectivity index (χ0n) is 13.0. The average molecular weight is 336 g/mol. The van der Waals surface area contributed by atoms with Crippen LogP contribution in [0.15, 0.2) is 59.0 Å². The molecule has 0 bridgehead atoms. The predicted molar refractivity (Wildman–Crippen MR) is 98.4 cm³/mol. The van der Waals surface area contributed by atoms with Crippen molar-refractivity contribution in [3.63, 3.8) is 0 Å². The molecule has 1 aromatic heterocycles. The second-order valence-corrected chi connectivity index (χ2v) is 5.84. The Labute approximate surface area is 144 Å². The van der Waals surface area contributed by atoms with Gasteiger partial charge in [0.2, 0.25) is 5.89 Å². The summed E-state index contributed by atoms with van der Waals surface area (Å²) in [4.78, 5) is 4.44. The first-order valence-corrected chi connectivity index (χ1v) is 7.92. The first-order valence-electron chi connectivity index (χ1n) is 7.54. The van der Waals surface area contributed by atoms with E-state index in [9.17, 15) is 0 Å². The van der Waals surface area contributed by atoms with E-state index in [4.69, 9.17) is 20.8 Å². The Kier molecular flexibility index (Phi) is 3.71. The molecule has 0 aliphatic rings. The van der Waals surface area contributed by atoms with Crippen LogP contribution in [0.25, 0.3) is 34.0 Å². The number of fused-ring (bicyclic) bond motifs is 2. The molecule has 3 nitrogen and oxygen atoms in total. The van der Waals surface area contributed by atoms with E-state index in [1.807, 2.05) is 48.6 Å². The molecule has 0 aliphatic carbocycles. The number of rotatable bonds is 3. The number of halogens is 1. The first-order chi connectivity index (χ1) is 11.7. The lowest BCUT2D eigenvalue weighted by Gasteiger charge is -2.07. The predicted octanol–water partition coefficient (Wildman–Crippen LogP) is 5.81. The Hall–Kier alpha value is -2.78. The highest BCUT2D eigenvalue weighted by Crippen LogP contribution is 2.29. The van der Waals surface area contributed by atoms with E-state index in [-0.39, 0.29) is 0 Å². The molecule has 0 spiro atoms. The van der Waals surface area contributed by atoms with E-state index in [1.165, 1.54) is 0 Å². The zero-order valence-corrected chi connectivity index (χ0v) is 13.7. The van der Waals surface area contributed by atoms with Crippen molar-refractivity contribution in [2.45, 2.75) is 0 Å². The minimum Gasteiger partial charge on any atom is -0.496 e. The highest BCUT2D eigenvalue weighted by Gasteiger charge is 2.06. The number of ether oxygens (including phenoxy) is 1. The fourth-order valence-corrected chi connectivity index (χ4v) is 2.94. The summed E-state index contributed by atoms with van der Waals surface area (Å²) in [6.07, 6.45) is 3.86. The zero-order chi connectivity index (χ0) is 16.5. The van der Waals surface area contributed by atoms with Gasteiger partial charge in [0.15, 0.2) is 5.58 Å². The SMILES string of the molecule is COc1ccc(/C=C/c2nc3cc(Cl)ccc3o2)c2ccccc12. The van der Waals surface area contributed by atoms with Gasteiger partial charge in [0.05, 0.1) is 7.11 Å². The van der Waals surface area contributed by atoms with Crippen LogP contribution < -0.4 is 4.74 Å². The van der Waals surface area contributed by atoms with Crippen LogP contribution in [0.1, 0.15) is 11.5 Å². The van der Waals surface area contributed by atoms with Crippen molar-refractivity contribution in [3.8, 4) is 5.75 Å². The maximum atomic E-state index is 5.98. The molecular weight excluding hydrogens is 322 g/mol. The van der Waals surface area contributed by atoms with Gasteiger partial charge in [-0.25, -0.2) is 4.98 Å². The Morgan fingerprint density at radius 2 is 1.83 bits per heavy atom. The van der Waals surface area contributed by atoms with Crippen LogP contribution >= 0.6 is 11.6 Å². The third-order valence-electron chi connectivity index (χ3n) is 3.91. The van der Waals surface area contributed by atoms with Gasteiger partial charge < -0.3 is 9.15 Å². The van der Waals surface area contributed by atoms with Gasteiger partial charge in [0.1, 0.15) is 11.3 Å². The molecule has 0 aliphatic heterocycles. The summed E-state index contributed by atoms with van der Waals surface area (Å²) in [5.74, 6) is 1.41. The van der Waals surface area contributed by atoms with Gasteiger partial charge in [-0.05, 0) is 41.3 Å². The van der Waals surface area contributed by atoms with Crippen LogP contribution in [0, 0.1) is 0 Å². The molecule has 0 amide bonds. The monoisotopic (exact) mass is 335 g/mol. The van der Waals surface area contributed by atoms with E-state index in [1.54, 1.807) is 19.2 Å². The number of aromatic nitrogens is 1. The van der Waals surface area contributed by atoms with E-state index in [0.29, 0.717) is 10.9 Å². The third-order valence-corrected chi connectivity index (χ3v) is 4.14. The van der Waals surface area contributed by atoms with Gasteiger partial charge in [0, 0.05) is 16.5 Å². The minimum atomic E-state index is 0.548. The number of benzene rings is 3. The fraction of sp³-hybridized carbons (Fsp3) is 0.0500. The molecule has 0 saturated heterocycles. The quantitative estimate of drug-likeness (QED) is 0.473. The normalized spacial score (nSPS) is 11.6. The van der Waals surface area contributed by atoms with Gasteiger partial charge in [-0.2, -0.15) is 0 Å². The van der Waals surface area contributed by atoms with Crippen LogP contribution in [-0.2, 0) is 0 Å². The lowest BCUT2D eigenvalue weighted by atomic mass is 10.0. The van der Waals surface area contributed by atoms with Gasteiger partial charge in [-0.15, -0.1) is 0 Å². The molecule has 4 heteroatoms. The van der Waals surface area contributed by atoms with Crippen molar-refractivity contribution >= 4 is 45.6 Å². The van der Waals surface area contributed by atoms with Gasteiger partial charge >= 0.3 is 0 Å². The summed E-state index contributed by atoms with van der Waals surface area (Å²) in [6.45, 7) is 0. The smallest absolute Gasteiger partial charge is 0.220 e. The van der Waals surface area contributed by atoms with Crippen molar-refractivity contribution in [2.24, 2.45) is 0 Å². The van der Waals surface area contributed by atoms with Crippen molar-refractivity contribution in [1.29, 1.82) is 0 Å². The number of methoxy groups -OCH3 is 1. The molecule has 0 fully saturated rings. The van der Waals surface area contributed by atoms with Crippen molar-refractivity contribution < 1.29 is 9.15 Å². The van der Waals surface area contributed by atoms with Crippen LogP contribution in [0.4, 0.5) is 0 Å². The van der Waals surface area contributed by atoms with Crippen LogP contribution in [0.3, 0.4) is 0 Å². The maximum Gasteiger partial charge on any atom is 0.220 e.